The summed E-state index contributed by atoms with van der Waals surface area (Å²) in [6.45, 7) is -2.12. The number of benzene rings is 1. The highest BCUT2D eigenvalue weighted by molar-refractivity contribution is 7.89. The average Bonchev–Trinajstić information content (AvgIpc) is 2.25. The van der Waals surface area contributed by atoms with Crippen LogP contribution in [0.2, 0.25) is 0 Å². The lowest BCUT2D eigenvalue weighted by molar-refractivity contribution is -0.385. The maximum Gasteiger partial charge on any atom is 0.275 e. The summed E-state index contributed by atoms with van der Waals surface area (Å²) in [5.74, 6) is -4.37. The van der Waals surface area contributed by atoms with Crippen molar-refractivity contribution in [1.29, 1.82) is 0 Å². The third-order valence-corrected chi connectivity index (χ3v) is 4.37. The van der Waals surface area contributed by atoms with Crippen LogP contribution in [0, 0.1) is 15.9 Å². The molecule has 1 aliphatic rings. The molecule has 2 rings (SSSR count). The van der Waals surface area contributed by atoms with Crippen LogP contribution in [-0.2, 0) is 10.0 Å². The van der Waals surface area contributed by atoms with Gasteiger partial charge in [-0.25, -0.2) is 21.6 Å². The van der Waals surface area contributed by atoms with E-state index in [9.17, 15) is 31.7 Å². The minimum atomic E-state index is -4.49. The Morgan fingerprint density at radius 1 is 1.32 bits per heavy atom. The molecule has 0 spiro atoms. The van der Waals surface area contributed by atoms with Gasteiger partial charge in [0.2, 0.25) is 10.0 Å². The van der Waals surface area contributed by atoms with Crippen LogP contribution >= 0.6 is 0 Å². The fraction of sp³-hybridized carbons (Fsp3) is 0.333. The number of nitro benzene ring substituents is 1. The predicted molar refractivity (Wildman–Crippen MR) is 56.8 cm³/mol. The van der Waals surface area contributed by atoms with Crippen LogP contribution in [-0.4, -0.2) is 36.7 Å². The second-order valence-electron chi connectivity index (χ2n) is 4.00. The summed E-state index contributed by atoms with van der Waals surface area (Å²) in [7, 11) is -4.49. The third kappa shape index (κ3) is 2.40. The molecule has 0 N–H and O–H groups in total. The van der Waals surface area contributed by atoms with Gasteiger partial charge >= 0.3 is 0 Å². The molecule has 0 atom stereocenters. The van der Waals surface area contributed by atoms with Crippen LogP contribution < -0.4 is 0 Å². The van der Waals surface area contributed by atoms with Crippen molar-refractivity contribution in [3.63, 3.8) is 0 Å². The van der Waals surface area contributed by atoms with Crippen LogP contribution in [0.5, 0.6) is 0 Å². The zero-order chi connectivity index (χ0) is 14.4. The van der Waals surface area contributed by atoms with E-state index in [1.165, 1.54) is 0 Å². The highest BCUT2D eigenvalue weighted by Gasteiger charge is 2.50. The quantitative estimate of drug-likeness (QED) is 0.623. The lowest BCUT2D eigenvalue weighted by Crippen LogP contribution is -2.58. The monoisotopic (exact) mass is 296 g/mol. The minimum Gasteiger partial charge on any atom is -0.258 e. The van der Waals surface area contributed by atoms with E-state index >= 15 is 0 Å². The number of sulfonamides is 1. The van der Waals surface area contributed by atoms with Gasteiger partial charge in [0.25, 0.3) is 11.6 Å². The van der Waals surface area contributed by atoms with Gasteiger partial charge in [-0.05, 0) is 6.07 Å². The van der Waals surface area contributed by atoms with Gasteiger partial charge in [0.15, 0.2) is 0 Å². The van der Waals surface area contributed by atoms with Gasteiger partial charge in [-0.15, -0.1) is 0 Å². The standard InChI is InChI=1S/C9H7F3N2O4S/c10-7-2-1-6(14(15)16)3-8(7)19(17,18)13-4-9(11,12)5-13/h1-3H,4-5H2. The summed E-state index contributed by atoms with van der Waals surface area (Å²) in [5.41, 5.74) is -0.632. The molecule has 0 amide bonds. The molecule has 10 heteroatoms. The van der Waals surface area contributed by atoms with Gasteiger partial charge in [0.05, 0.1) is 18.0 Å². The molecule has 1 saturated heterocycles. The van der Waals surface area contributed by atoms with Crippen LogP contribution in [0.4, 0.5) is 18.9 Å². The Kier molecular flexibility index (Phi) is 3.01. The Morgan fingerprint density at radius 3 is 2.37 bits per heavy atom. The van der Waals surface area contributed by atoms with E-state index in [4.69, 9.17) is 0 Å². The molecule has 1 heterocycles. The van der Waals surface area contributed by atoms with Crippen molar-refractivity contribution >= 4 is 15.7 Å². The van der Waals surface area contributed by atoms with Crippen LogP contribution in [0.15, 0.2) is 23.1 Å². The average molecular weight is 296 g/mol. The Balaban J connectivity index is 2.41. The summed E-state index contributed by atoms with van der Waals surface area (Å²) >= 11 is 0. The number of non-ortho nitro benzene ring substituents is 1. The van der Waals surface area contributed by atoms with Crippen molar-refractivity contribution in [3.8, 4) is 0 Å². The Hall–Kier alpha value is -1.68. The van der Waals surface area contributed by atoms with E-state index < -0.39 is 50.4 Å². The maximum absolute atomic E-state index is 13.4. The fourth-order valence-electron chi connectivity index (χ4n) is 1.58. The van der Waals surface area contributed by atoms with Crippen molar-refractivity contribution < 1.29 is 26.5 Å². The Morgan fingerprint density at radius 2 is 1.89 bits per heavy atom. The van der Waals surface area contributed by atoms with Gasteiger partial charge < -0.3 is 0 Å². The van der Waals surface area contributed by atoms with Crippen LogP contribution in [0.3, 0.4) is 0 Å². The Bertz CT molecular complexity index is 639. The van der Waals surface area contributed by atoms with E-state index in [1.54, 1.807) is 0 Å². The molecule has 104 valence electrons. The number of hydrogen-bond donors (Lipinski definition) is 0. The second kappa shape index (κ2) is 4.17. The molecule has 0 aliphatic carbocycles. The first-order valence-corrected chi connectivity index (χ1v) is 6.39. The van der Waals surface area contributed by atoms with Crippen molar-refractivity contribution in [2.75, 3.05) is 13.1 Å². The molecule has 0 radical (unpaired) electrons. The third-order valence-electron chi connectivity index (χ3n) is 2.56. The van der Waals surface area contributed by atoms with E-state index in [1.807, 2.05) is 0 Å². The summed E-state index contributed by atoms with van der Waals surface area (Å²) in [6, 6.07) is 1.92. The SMILES string of the molecule is O=[N+]([O-])c1ccc(F)c(S(=O)(=O)N2CC(F)(F)C2)c1. The van der Waals surface area contributed by atoms with Crippen molar-refractivity contribution in [2.24, 2.45) is 0 Å². The normalized spacial score (nSPS) is 18.9. The molecule has 6 nitrogen and oxygen atoms in total. The molecule has 0 saturated carbocycles. The molecule has 1 aliphatic heterocycles. The first-order chi connectivity index (χ1) is 8.63. The van der Waals surface area contributed by atoms with Crippen LogP contribution in [0.1, 0.15) is 0 Å². The largest absolute Gasteiger partial charge is 0.275 e. The first-order valence-electron chi connectivity index (χ1n) is 4.95. The number of alkyl halides is 2. The van der Waals surface area contributed by atoms with E-state index in [-0.39, 0.29) is 0 Å². The Labute approximate surface area is 105 Å². The lowest BCUT2D eigenvalue weighted by atomic mass is 10.2. The van der Waals surface area contributed by atoms with Gasteiger partial charge in [0, 0.05) is 12.1 Å². The number of hydrogen-bond acceptors (Lipinski definition) is 4. The summed E-state index contributed by atoms with van der Waals surface area (Å²) in [5, 5.41) is 10.5. The molecule has 19 heavy (non-hydrogen) atoms. The predicted octanol–water partition coefficient (Wildman–Crippen LogP) is 1.37. The molecular weight excluding hydrogens is 289 g/mol. The molecular formula is C9H7F3N2O4S. The zero-order valence-corrected chi connectivity index (χ0v) is 10.0. The van der Waals surface area contributed by atoms with Gasteiger partial charge in [-0.2, -0.15) is 4.31 Å². The highest BCUT2D eigenvalue weighted by atomic mass is 32.2. The molecule has 0 bridgehead atoms. The van der Waals surface area contributed by atoms with Gasteiger partial charge in [-0.1, -0.05) is 0 Å². The van der Waals surface area contributed by atoms with Crippen molar-refractivity contribution in [1.82, 2.24) is 4.31 Å². The molecule has 1 aromatic rings. The first kappa shape index (κ1) is 13.7. The smallest absolute Gasteiger partial charge is 0.258 e. The molecule has 1 fully saturated rings. The molecule has 1 aromatic carbocycles. The fourth-order valence-corrected chi connectivity index (χ4v) is 3.16. The summed E-state index contributed by atoms with van der Waals surface area (Å²) in [6.07, 6.45) is 0. The van der Waals surface area contributed by atoms with E-state index in [2.05, 4.69) is 0 Å². The highest BCUT2D eigenvalue weighted by Crippen LogP contribution is 2.33. The van der Waals surface area contributed by atoms with Crippen LogP contribution in [0.25, 0.3) is 0 Å². The second-order valence-corrected chi connectivity index (χ2v) is 5.91. The van der Waals surface area contributed by atoms with Crippen molar-refractivity contribution in [3.05, 3.63) is 34.1 Å². The molecule has 0 aromatic heterocycles. The summed E-state index contributed by atoms with van der Waals surface area (Å²) in [4.78, 5) is 8.63. The van der Waals surface area contributed by atoms with E-state index in [0.29, 0.717) is 16.4 Å². The van der Waals surface area contributed by atoms with Gasteiger partial charge in [0.1, 0.15) is 10.7 Å². The number of rotatable bonds is 3. The van der Waals surface area contributed by atoms with Crippen molar-refractivity contribution in [2.45, 2.75) is 10.8 Å². The number of nitro groups is 1. The zero-order valence-electron chi connectivity index (χ0n) is 9.22. The number of nitrogens with zero attached hydrogens (tertiary/aromatic N) is 2. The maximum atomic E-state index is 13.4. The van der Waals surface area contributed by atoms with E-state index in [0.717, 1.165) is 6.07 Å². The summed E-state index contributed by atoms with van der Waals surface area (Å²) < 4.78 is 62.7. The lowest BCUT2D eigenvalue weighted by Gasteiger charge is -2.37. The topological polar surface area (TPSA) is 80.5 Å². The minimum absolute atomic E-state index is 0.370. The van der Waals surface area contributed by atoms with Gasteiger partial charge in [-0.3, -0.25) is 10.1 Å². The molecule has 0 unspecified atom stereocenters. The number of halogens is 3.